The Labute approximate surface area is 174 Å². The largest absolute Gasteiger partial charge is 0.463 e. The van der Waals surface area contributed by atoms with E-state index in [0.717, 1.165) is 0 Å². The summed E-state index contributed by atoms with van der Waals surface area (Å²) in [5.41, 5.74) is -3.26. The minimum atomic E-state index is -2.69. The van der Waals surface area contributed by atoms with E-state index in [4.69, 9.17) is 39.8 Å². The Morgan fingerprint density at radius 3 is 2.07 bits per heavy atom. The van der Waals surface area contributed by atoms with Gasteiger partial charge in [-0.1, -0.05) is 0 Å². The van der Waals surface area contributed by atoms with Gasteiger partial charge >= 0.3 is 17.9 Å². The quantitative estimate of drug-likeness (QED) is 0.274. The molecule has 1 fully saturated rings. The molecular weight excluding hydrogens is 431 g/mol. The molecule has 0 amide bonds. The third-order valence-corrected chi connectivity index (χ3v) is 8.84. The fourth-order valence-corrected chi connectivity index (χ4v) is 7.87. The summed E-state index contributed by atoms with van der Waals surface area (Å²) in [7, 11) is 0. The maximum atomic E-state index is 11.6. The minimum Gasteiger partial charge on any atom is -0.463 e. The van der Waals surface area contributed by atoms with Crippen LogP contribution in [-0.4, -0.2) is 61.5 Å². The van der Waals surface area contributed by atoms with Gasteiger partial charge in [0.1, 0.15) is 24.3 Å². The lowest BCUT2D eigenvalue weighted by atomic mass is 10.0. The summed E-state index contributed by atoms with van der Waals surface area (Å²) < 4.78 is 32.9. The molecule has 162 valence electrons. The van der Waals surface area contributed by atoms with Gasteiger partial charge in [0.15, 0.2) is 6.10 Å². The molecule has 9 nitrogen and oxygen atoms in total. The van der Waals surface area contributed by atoms with E-state index in [1.54, 1.807) is 0 Å². The zero-order chi connectivity index (χ0) is 21.3. The molecule has 1 aliphatic rings. The summed E-state index contributed by atoms with van der Waals surface area (Å²) in [5.74, 6) is -1.62. The minimum absolute atomic E-state index is 0.172. The van der Waals surface area contributed by atoms with Gasteiger partial charge < -0.3 is 28.0 Å². The first-order valence-electron chi connectivity index (χ1n) is 8.81. The lowest BCUT2D eigenvalue weighted by molar-refractivity contribution is -0.204. The topological polar surface area (TPSA) is 107 Å². The van der Waals surface area contributed by atoms with Crippen molar-refractivity contribution in [1.82, 2.24) is 0 Å². The van der Waals surface area contributed by atoms with Crippen molar-refractivity contribution in [2.24, 2.45) is 0 Å². The normalized spacial score (nSPS) is 25.0. The lowest BCUT2D eigenvalue weighted by Crippen LogP contribution is -2.53. The van der Waals surface area contributed by atoms with E-state index < -0.39 is 47.3 Å². The van der Waals surface area contributed by atoms with Crippen molar-refractivity contribution in [2.75, 3.05) is 19.8 Å². The highest BCUT2D eigenvalue weighted by Crippen LogP contribution is 2.63. The molecule has 1 heterocycles. The van der Waals surface area contributed by atoms with Crippen molar-refractivity contribution in [3.63, 3.8) is 0 Å². The van der Waals surface area contributed by atoms with E-state index in [1.807, 2.05) is 13.8 Å². The van der Waals surface area contributed by atoms with Gasteiger partial charge in [-0.25, -0.2) is 0 Å². The lowest BCUT2D eigenvalue weighted by Gasteiger charge is -2.40. The smallest absolute Gasteiger partial charge is 0.303 e. The Balaban J connectivity index is 3.06. The molecule has 1 rings (SSSR count). The molecule has 0 N–H and O–H groups in total. The molecule has 1 aliphatic heterocycles. The van der Waals surface area contributed by atoms with Gasteiger partial charge in [-0.05, 0) is 37.0 Å². The highest BCUT2D eigenvalue weighted by molar-refractivity contribution is 8.68. The summed E-state index contributed by atoms with van der Waals surface area (Å²) in [6.07, 6.45) is -2.35. The third-order valence-electron chi connectivity index (χ3n) is 3.38. The number of carbonyl (C=O) groups is 3. The molecule has 0 aromatic heterocycles. The van der Waals surface area contributed by atoms with Crippen LogP contribution in [0.5, 0.6) is 0 Å². The van der Waals surface area contributed by atoms with Crippen molar-refractivity contribution in [3.05, 3.63) is 0 Å². The Kier molecular flexibility index (Phi) is 10.9. The molecule has 1 unspecified atom stereocenters. The highest BCUT2D eigenvalue weighted by atomic mass is 32.9. The SMILES string of the molecule is CCOP(=S)(OCC)SC1C[C@@H](OC(C)=O)[C@H](OC(C)=O)[C@@H](COC(C)=O)O1. The molecule has 0 spiro atoms. The van der Waals surface area contributed by atoms with Crippen LogP contribution in [0, 0.1) is 0 Å². The van der Waals surface area contributed by atoms with Crippen LogP contribution in [0.2, 0.25) is 0 Å². The van der Waals surface area contributed by atoms with E-state index in [0.29, 0.717) is 13.2 Å². The van der Waals surface area contributed by atoms with Gasteiger partial charge in [0.05, 0.1) is 13.2 Å². The van der Waals surface area contributed by atoms with E-state index in [2.05, 4.69) is 0 Å². The number of carbonyl (C=O) groups excluding carboxylic acids is 3. The van der Waals surface area contributed by atoms with Crippen LogP contribution in [-0.2, 0) is 54.2 Å². The van der Waals surface area contributed by atoms with E-state index in [1.165, 1.54) is 32.2 Å². The van der Waals surface area contributed by atoms with Crippen LogP contribution in [0.3, 0.4) is 0 Å². The monoisotopic (exact) mass is 458 g/mol. The zero-order valence-corrected chi connectivity index (χ0v) is 19.1. The molecule has 28 heavy (non-hydrogen) atoms. The molecule has 1 saturated heterocycles. The summed E-state index contributed by atoms with van der Waals surface area (Å²) in [6.45, 7) is 7.94. The highest BCUT2D eigenvalue weighted by Gasteiger charge is 2.45. The van der Waals surface area contributed by atoms with E-state index in [-0.39, 0.29) is 13.0 Å². The number of hydrogen-bond donors (Lipinski definition) is 0. The standard InChI is InChI=1S/C16H27O9PS2/c1-6-21-26(27,22-7-2)28-15-8-13(23-11(4)18)16(24-12(5)19)14(25-15)9-20-10(3)17/h13-16H,6-9H2,1-5H3/t13-,14-,15?,16+/m1/s1. The van der Waals surface area contributed by atoms with Gasteiger partial charge in [0.25, 0.3) is 0 Å². The van der Waals surface area contributed by atoms with Gasteiger partial charge in [-0.3, -0.25) is 14.4 Å². The number of hydrogen-bond acceptors (Lipinski definition) is 11. The Bertz CT molecular complexity index is 591. The van der Waals surface area contributed by atoms with Crippen molar-refractivity contribution in [3.8, 4) is 0 Å². The first-order valence-corrected chi connectivity index (χ1v) is 12.9. The molecule has 0 aromatic rings. The first-order chi connectivity index (χ1) is 13.1. The van der Waals surface area contributed by atoms with Crippen molar-refractivity contribution >= 4 is 46.8 Å². The van der Waals surface area contributed by atoms with Crippen LogP contribution in [0.4, 0.5) is 0 Å². The van der Waals surface area contributed by atoms with Crippen LogP contribution in [0.25, 0.3) is 0 Å². The molecule has 0 radical (unpaired) electrons. The molecule has 0 aliphatic carbocycles. The average molecular weight is 458 g/mol. The van der Waals surface area contributed by atoms with Crippen molar-refractivity contribution in [2.45, 2.75) is 64.8 Å². The Morgan fingerprint density at radius 1 is 1.04 bits per heavy atom. The molecule has 4 atom stereocenters. The van der Waals surface area contributed by atoms with Crippen molar-refractivity contribution in [1.29, 1.82) is 0 Å². The van der Waals surface area contributed by atoms with Gasteiger partial charge in [0.2, 0.25) is 5.69 Å². The first kappa shape index (κ1) is 25.3. The summed E-state index contributed by atoms with van der Waals surface area (Å²) in [5, 5.41) is 0. The van der Waals surface area contributed by atoms with Gasteiger partial charge in [-0.15, -0.1) is 0 Å². The summed E-state index contributed by atoms with van der Waals surface area (Å²) >= 11 is 6.72. The Morgan fingerprint density at radius 2 is 1.61 bits per heavy atom. The maximum Gasteiger partial charge on any atom is 0.303 e. The fraction of sp³-hybridized carbons (Fsp3) is 0.812. The number of rotatable bonds is 10. The molecule has 0 aromatic carbocycles. The van der Waals surface area contributed by atoms with Gasteiger partial charge in [-0.2, -0.15) is 0 Å². The van der Waals surface area contributed by atoms with Crippen LogP contribution < -0.4 is 0 Å². The van der Waals surface area contributed by atoms with E-state index >= 15 is 0 Å². The second kappa shape index (κ2) is 12.1. The maximum absolute atomic E-state index is 11.6. The zero-order valence-electron chi connectivity index (χ0n) is 16.6. The van der Waals surface area contributed by atoms with Crippen LogP contribution >= 0.6 is 17.1 Å². The fourth-order valence-electron chi connectivity index (χ4n) is 2.52. The van der Waals surface area contributed by atoms with Crippen molar-refractivity contribution < 1.29 is 42.4 Å². The van der Waals surface area contributed by atoms with Crippen LogP contribution in [0.15, 0.2) is 0 Å². The summed E-state index contributed by atoms with van der Waals surface area (Å²) in [6, 6.07) is 0. The van der Waals surface area contributed by atoms with E-state index in [9.17, 15) is 14.4 Å². The van der Waals surface area contributed by atoms with Crippen LogP contribution in [0.1, 0.15) is 41.0 Å². The average Bonchev–Trinajstić information content (AvgIpc) is 2.54. The second-order valence-electron chi connectivity index (χ2n) is 5.75. The van der Waals surface area contributed by atoms with Gasteiger partial charge in [0, 0.05) is 27.2 Å². The third kappa shape index (κ3) is 8.75. The Hall–Kier alpha value is -0.710. The second-order valence-corrected chi connectivity index (χ2v) is 12.1. The molecular formula is C16H27O9PS2. The molecule has 12 heteroatoms. The summed E-state index contributed by atoms with van der Waals surface area (Å²) in [4.78, 5) is 34.3. The predicted octanol–water partition coefficient (Wildman–Crippen LogP) is 2.56. The number of esters is 3. The molecule has 0 saturated carbocycles. The predicted molar refractivity (Wildman–Crippen MR) is 106 cm³/mol. The number of ether oxygens (including phenoxy) is 4. The molecule has 0 bridgehead atoms.